The van der Waals surface area contributed by atoms with Crippen molar-refractivity contribution >= 4 is 29.3 Å². The van der Waals surface area contributed by atoms with E-state index in [1.54, 1.807) is 13.0 Å². The Bertz CT molecular complexity index is 942. The number of hydrogen-bond acceptors (Lipinski definition) is 6. The average Bonchev–Trinajstić information content (AvgIpc) is 2.66. The summed E-state index contributed by atoms with van der Waals surface area (Å²) in [5.74, 6) is -1.88. The van der Waals surface area contributed by atoms with E-state index in [0.717, 1.165) is 6.08 Å². The van der Waals surface area contributed by atoms with Crippen molar-refractivity contribution in [2.24, 2.45) is 0 Å². The highest BCUT2D eigenvalue weighted by molar-refractivity contribution is 5.95. The fraction of sp³-hybridized carbons (Fsp3) is 0.158. The largest absolute Gasteiger partial charge is 0.494 e. The van der Waals surface area contributed by atoms with Gasteiger partial charge in [-0.15, -0.1) is 0 Å². The van der Waals surface area contributed by atoms with Crippen LogP contribution >= 0.6 is 0 Å². The normalized spacial score (nSPS) is 10.5. The summed E-state index contributed by atoms with van der Waals surface area (Å²) in [6.07, 6.45) is 2.40. The smallest absolute Gasteiger partial charge is 0.331 e. The lowest BCUT2D eigenvalue weighted by atomic mass is 10.2. The van der Waals surface area contributed by atoms with E-state index < -0.39 is 29.2 Å². The molecule has 8 nitrogen and oxygen atoms in total. The Morgan fingerprint density at radius 2 is 2.00 bits per heavy atom. The van der Waals surface area contributed by atoms with Gasteiger partial charge in [0, 0.05) is 23.9 Å². The first-order chi connectivity index (χ1) is 13.3. The van der Waals surface area contributed by atoms with Gasteiger partial charge in [-0.1, -0.05) is 6.07 Å². The molecule has 0 aliphatic heterocycles. The molecule has 0 saturated carbocycles. The van der Waals surface area contributed by atoms with Gasteiger partial charge in [-0.25, -0.2) is 9.18 Å². The molecule has 0 saturated heterocycles. The van der Waals surface area contributed by atoms with Gasteiger partial charge in [-0.2, -0.15) is 0 Å². The van der Waals surface area contributed by atoms with Crippen LogP contribution in [0.1, 0.15) is 11.1 Å². The summed E-state index contributed by atoms with van der Waals surface area (Å²) in [6.45, 7) is 1.06. The van der Waals surface area contributed by atoms with Crippen molar-refractivity contribution in [3.8, 4) is 5.75 Å². The van der Waals surface area contributed by atoms with E-state index >= 15 is 0 Å². The molecule has 28 heavy (non-hydrogen) atoms. The maximum atomic E-state index is 13.6. The van der Waals surface area contributed by atoms with Gasteiger partial charge in [0.05, 0.1) is 12.0 Å². The second-order valence-electron chi connectivity index (χ2n) is 5.64. The molecule has 1 N–H and O–H groups in total. The van der Waals surface area contributed by atoms with Crippen LogP contribution in [-0.2, 0) is 14.3 Å². The van der Waals surface area contributed by atoms with Crippen LogP contribution in [-0.4, -0.2) is 30.5 Å². The first-order valence-corrected chi connectivity index (χ1v) is 8.03. The molecule has 0 aromatic heterocycles. The third-order valence-corrected chi connectivity index (χ3v) is 3.63. The lowest BCUT2D eigenvalue weighted by Crippen LogP contribution is -2.20. The molecule has 9 heteroatoms. The summed E-state index contributed by atoms with van der Waals surface area (Å²) in [4.78, 5) is 33.7. The Morgan fingerprint density at radius 3 is 2.61 bits per heavy atom. The van der Waals surface area contributed by atoms with Crippen LogP contribution < -0.4 is 10.1 Å². The highest BCUT2D eigenvalue weighted by atomic mass is 19.1. The van der Waals surface area contributed by atoms with Gasteiger partial charge in [-0.3, -0.25) is 14.9 Å². The van der Waals surface area contributed by atoms with Crippen LogP contribution in [0.3, 0.4) is 0 Å². The number of ether oxygens (including phenoxy) is 2. The molecule has 2 aromatic rings. The Labute approximate surface area is 159 Å². The highest BCUT2D eigenvalue weighted by Gasteiger charge is 2.11. The molecule has 0 bridgehead atoms. The average molecular weight is 388 g/mol. The number of nitrogens with one attached hydrogen (secondary N) is 1. The number of anilines is 1. The monoisotopic (exact) mass is 388 g/mol. The zero-order chi connectivity index (χ0) is 20.7. The summed E-state index contributed by atoms with van der Waals surface area (Å²) in [5.41, 5.74) is 1.19. The molecule has 146 valence electrons. The number of hydrogen-bond donors (Lipinski definition) is 1. The number of benzene rings is 2. The summed E-state index contributed by atoms with van der Waals surface area (Å²) in [7, 11) is 1.34. The molecule has 2 aromatic carbocycles. The van der Waals surface area contributed by atoms with E-state index in [9.17, 15) is 24.1 Å². The zero-order valence-electron chi connectivity index (χ0n) is 15.1. The molecule has 0 fully saturated rings. The number of nitrogens with zero attached hydrogens (tertiary/aromatic N) is 1. The van der Waals surface area contributed by atoms with Gasteiger partial charge in [0.15, 0.2) is 18.2 Å². The van der Waals surface area contributed by atoms with Gasteiger partial charge in [0.1, 0.15) is 0 Å². The molecule has 0 unspecified atom stereocenters. The molecule has 2 rings (SSSR count). The molecular formula is C19H17FN2O6. The topological polar surface area (TPSA) is 108 Å². The maximum Gasteiger partial charge on any atom is 0.331 e. The van der Waals surface area contributed by atoms with E-state index in [1.165, 1.54) is 43.5 Å². The van der Waals surface area contributed by atoms with Crippen LogP contribution in [0.5, 0.6) is 5.75 Å². The second kappa shape index (κ2) is 9.26. The first-order valence-electron chi connectivity index (χ1n) is 8.03. The van der Waals surface area contributed by atoms with Gasteiger partial charge >= 0.3 is 5.97 Å². The SMILES string of the molecule is COc1ccc(/C=C/C(=O)OCC(=O)Nc2ccc([N+](=O)[O-])cc2C)cc1F. The lowest BCUT2D eigenvalue weighted by molar-refractivity contribution is -0.384. The van der Waals surface area contributed by atoms with Crippen LogP contribution in [0.2, 0.25) is 0 Å². The minimum atomic E-state index is -0.785. The van der Waals surface area contributed by atoms with E-state index in [4.69, 9.17) is 9.47 Å². The van der Waals surface area contributed by atoms with Gasteiger partial charge in [0.25, 0.3) is 11.6 Å². The molecule has 0 aliphatic rings. The van der Waals surface area contributed by atoms with Gasteiger partial charge in [0.2, 0.25) is 0 Å². The Morgan fingerprint density at radius 1 is 1.25 bits per heavy atom. The van der Waals surface area contributed by atoms with Gasteiger partial charge in [-0.05, 0) is 42.3 Å². The number of non-ortho nitro benzene ring substituents is 1. The Hall–Kier alpha value is -3.75. The van der Waals surface area contributed by atoms with E-state index in [0.29, 0.717) is 16.8 Å². The quantitative estimate of drug-likeness (QED) is 0.338. The number of aryl methyl sites for hydroxylation is 1. The van der Waals surface area contributed by atoms with Crippen molar-refractivity contribution in [2.75, 3.05) is 19.0 Å². The summed E-state index contributed by atoms with van der Waals surface area (Å²) < 4.78 is 23.2. The van der Waals surface area contributed by atoms with Crippen molar-refractivity contribution in [1.82, 2.24) is 0 Å². The number of rotatable bonds is 7. The molecule has 0 spiro atoms. The third kappa shape index (κ3) is 5.63. The van der Waals surface area contributed by atoms with Crippen LogP contribution in [0.25, 0.3) is 6.08 Å². The van der Waals surface area contributed by atoms with E-state index in [1.807, 2.05) is 0 Å². The van der Waals surface area contributed by atoms with Crippen molar-refractivity contribution in [2.45, 2.75) is 6.92 Å². The van der Waals surface area contributed by atoms with Crippen LogP contribution in [0.4, 0.5) is 15.8 Å². The minimum absolute atomic E-state index is 0.0814. The predicted octanol–water partition coefficient (Wildman–Crippen LogP) is 3.25. The molecule has 1 amide bonds. The van der Waals surface area contributed by atoms with Crippen molar-refractivity contribution < 1.29 is 28.4 Å². The number of nitro benzene ring substituents is 1. The molecule has 0 atom stereocenters. The maximum absolute atomic E-state index is 13.6. The fourth-order valence-corrected chi connectivity index (χ4v) is 2.22. The predicted molar refractivity (Wildman–Crippen MR) is 99.4 cm³/mol. The number of halogens is 1. The first kappa shape index (κ1) is 20.6. The lowest BCUT2D eigenvalue weighted by Gasteiger charge is -2.08. The number of amides is 1. The molecule has 0 heterocycles. The number of nitro groups is 1. The van der Waals surface area contributed by atoms with Crippen LogP contribution in [0.15, 0.2) is 42.5 Å². The highest BCUT2D eigenvalue weighted by Crippen LogP contribution is 2.21. The molecule has 0 radical (unpaired) electrons. The fourth-order valence-electron chi connectivity index (χ4n) is 2.22. The van der Waals surface area contributed by atoms with Crippen molar-refractivity contribution in [3.63, 3.8) is 0 Å². The second-order valence-corrected chi connectivity index (χ2v) is 5.64. The number of carbonyl (C=O) groups excluding carboxylic acids is 2. The summed E-state index contributed by atoms with van der Waals surface area (Å²) >= 11 is 0. The minimum Gasteiger partial charge on any atom is -0.494 e. The zero-order valence-corrected chi connectivity index (χ0v) is 15.1. The van der Waals surface area contributed by atoms with Crippen molar-refractivity contribution in [3.05, 3.63) is 69.5 Å². The summed E-state index contributed by atoms with van der Waals surface area (Å²) in [6, 6.07) is 8.12. The van der Waals surface area contributed by atoms with Gasteiger partial charge < -0.3 is 14.8 Å². The van der Waals surface area contributed by atoms with Crippen molar-refractivity contribution in [1.29, 1.82) is 0 Å². The Kier molecular flexibility index (Phi) is 6.80. The number of carbonyl (C=O) groups is 2. The van der Waals surface area contributed by atoms with E-state index in [2.05, 4.69) is 5.32 Å². The molecule has 0 aliphatic carbocycles. The Balaban J connectivity index is 1.87. The standard InChI is InChI=1S/C19H17FN2O6/c1-12-9-14(22(25)26)5-6-16(12)21-18(23)11-28-19(24)8-4-13-3-7-17(27-2)15(20)10-13/h3-10H,11H2,1-2H3,(H,21,23)/b8-4+. The number of esters is 1. The number of methoxy groups -OCH3 is 1. The summed E-state index contributed by atoms with van der Waals surface area (Å²) in [5, 5.41) is 13.2. The van der Waals surface area contributed by atoms with E-state index in [-0.39, 0.29) is 11.4 Å². The molecular weight excluding hydrogens is 371 g/mol. The van der Waals surface area contributed by atoms with Crippen LogP contribution in [0, 0.1) is 22.9 Å². The third-order valence-electron chi connectivity index (χ3n) is 3.63.